The van der Waals surface area contributed by atoms with Gasteiger partial charge in [0.25, 0.3) is 0 Å². The number of anilines is 1. The molecule has 0 aliphatic heterocycles. The van der Waals surface area contributed by atoms with Crippen molar-refractivity contribution in [2.45, 2.75) is 13.3 Å². The molecule has 3 aromatic rings. The smallest absolute Gasteiger partial charge is 0.230 e. The molecule has 6 heteroatoms. The molecule has 122 valence electrons. The number of hydrogen-bond donors (Lipinski definition) is 1. The van der Waals surface area contributed by atoms with Gasteiger partial charge in [-0.05, 0) is 25.1 Å². The van der Waals surface area contributed by atoms with Crippen LogP contribution in [-0.4, -0.2) is 10.9 Å². The summed E-state index contributed by atoms with van der Waals surface area (Å²) in [6.07, 6.45) is -0.00172. The highest BCUT2D eigenvalue weighted by molar-refractivity contribution is 7.13. The molecule has 3 rings (SSSR count). The number of halogens is 2. The van der Waals surface area contributed by atoms with E-state index < -0.39 is 17.5 Å². The van der Waals surface area contributed by atoms with Crippen LogP contribution in [-0.2, 0) is 11.2 Å². The quantitative estimate of drug-likeness (QED) is 0.753. The van der Waals surface area contributed by atoms with Gasteiger partial charge >= 0.3 is 0 Å². The van der Waals surface area contributed by atoms with Crippen molar-refractivity contribution in [3.05, 3.63) is 70.7 Å². The van der Waals surface area contributed by atoms with Crippen molar-refractivity contribution in [2.75, 3.05) is 5.32 Å². The largest absolute Gasteiger partial charge is 0.323 e. The van der Waals surface area contributed by atoms with Gasteiger partial charge in [-0.1, -0.05) is 23.8 Å². The molecule has 1 heterocycles. The zero-order valence-electron chi connectivity index (χ0n) is 12.8. The van der Waals surface area contributed by atoms with E-state index in [1.165, 1.54) is 11.3 Å². The fourth-order valence-corrected chi connectivity index (χ4v) is 3.07. The number of benzene rings is 2. The summed E-state index contributed by atoms with van der Waals surface area (Å²) in [5.41, 5.74) is 2.53. The molecular formula is C18H14F2N2OS. The number of carbonyl (C=O) groups excluding carboxylic acids is 1. The summed E-state index contributed by atoms with van der Waals surface area (Å²) in [4.78, 5) is 16.4. The van der Waals surface area contributed by atoms with E-state index in [-0.39, 0.29) is 12.1 Å². The van der Waals surface area contributed by atoms with Gasteiger partial charge < -0.3 is 5.32 Å². The van der Waals surface area contributed by atoms with Crippen molar-refractivity contribution in [2.24, 2.45) is 0 Å². The van der Waals surface area contributed by atoms with Crippen molar-refractivity contribution in [1.82, 2.24) is 4.98 Å². The number of rotatable bonds is 4. The first-order chi connectivity index (χ1) is 11.5. The molecule has 1 aromatic heterocycles. The van der Waals surface area contributed by atoms with Crippen LogP contribution in [0.1, 0.15) is 11.3 Å². The Hall–Kier alpha value is -2.60. The number of thiazole rings is 1. The molecule has 0 fully saturated rings. The second-order valence-corrected chi connectivity index (χ2v) is 6.22. The van der Waals surface area contributed by atoms with E-state index in [4.69, 9.17) is 0 Å². The molecule has 0 aliphatic rings. The normalized spacial score (nSPS) is 10.6. The van der Waals surface area contributed by atoms with E-state index in [1.54, 1.807) is 5.38 Å². The summed E-state index contributed by atoms with van der Waals surface area (Å²) in [6.45, 7) is 2.00. The molecule has 3 nitrogen and oxygen atoms in total. The zero-order valence-corrected chi connectivity index (χ0v) is 13.7. The first-order valence-corrected chi connectivity index (χ1v) is 8.15. The third kappa shape index (κ3) is 3.83. The fraction of sp³-hybridized carbons (Fsp3) is 0.111. The van der Waals surface area contributed by atoms with Gasteiger partial charge in [-0.15, -0.1) is 11.3 Å². The highest BCUT2D eigenvalue weighted by atomic mass is 32.1. The third-order valence-corrected chi connectivity index (χ3v) is 4.30. The number of aromatic nitrogens is 1. The van der Waals surface area contributed by atoms with Gasteiger partial charge in [0.15, 0.2) is 0 Å². The van der Waals surface area contributed by atoms with Crippen LogP contribution in [0, 0.1) is 18.6 Å². The molecule has 2 aromatic carbocycles. The van der Waals surface area contributed by atoms with Crippen molar-refractivity contribution in [1.29, 1.82) is 0 Å². The third-order valence-electron chi connectivity index (χ3n) is 3.36. The minimum absolute atomic E-state index is 0.00172. The van der Waals surface area contributed by atoms with Gasteiger partial charge in [-0.2, -0.15) is 0 Å². The van der Waals surface area contributed by atoms with Crippen molar-refractivity contribution in [3.63, 3.8) is 0 Å². The number of nitrogens with one attached hydrogen (secondary N) is 1. The Kier molecular flexibility index (Phi) is 4.66. The van der Waals surface area contributed by atoms with E-state index >= 15 is 0 Å². The Balaban J connectivity index is 1.70. The van der Waals surface area contributed by atoms with Gasteiger partial charge in [0.1, 0.15) is 16.6 Å². The average molecular weight is 344 g/mol. The average Bonchev–Trinajstić information content (AvgIpc) is 2.99. The van der Waals surface area contributed by atoms with Crippen LogP contribution in [0.4, 0.5) is 14.5 Å². The Morgan fingerprint density at radius 1 is 1.21 bits per heavy atom. The predicted octanol–water partition coefficient (Wildman–Crippen LogP) is 4.58. The highest BCUT2D eigenvalue weighted by Gasteiger charge is 2.12. The summed E-state index contributed by atoms with van der Waals surface area (Å²) in [5, 5.41) is 4.98. The predicted molar refractivity (Wildman–Crippen MR) is 91.0 cm³/mol. The summed E-state index contributed by atoms with van der Waals surface area (Å²) in [6, 6.07) is 10.8. The number of amides is 1. The highest BCUT2D eigenvalue weighted by Crippen LogP contribution is 2.25. The molecule has 24 heavy (non-hydrogen) atoms. The lowest BCUT2D eigenvalue weighted by Crippen LogP contribution is -2.15. The molecule has 0 radical (unpaired) electrons. The lowest BCUT2D eigenvalue weighted by atomic mass is 10.1. The second kappa shape index (κ2) is 6.88. The van der Waals surface area contributed by atoms with Crippen LogP contribution in [0.15, 0.2) is 47.8 Å². The van der Waals surface area contributed by atoms with Crippen molar-refractivity contribution in [3.8, 4) is 10.6 Å². The lowest BCUT2D eigenvalue weighted by Gasteiger charge is -2.05. The molecule has 0 saturated heterocycles. The SMILES string of the molecule is Cc1cccc(-c2nc(CC(=O)Nc3cc(F)ccc3F)cs2)c1. The van der Waals surface area contributed by atoms with Gasteiger partial charge in [-0.25, -0.2) is 13.8 Å². The van der Waals surface area contributed by atoms with E-state index in [9.17, 15) is 13.6 Å². The maximum Gasteiger partial charge on any atom is 0.230 e. The lowest BCUT2D eigenvalue weighted by molar-refractivity contribution is -0.115. The zero-order chi connectivity index (χ0) is 17.1. The fourth-order valence-electron chi connectivity index (χ4n) is 2.25. The Morgan fingerprint density at radius 3 is 2.83 bits per heavy atom. The van der Waals surface area contributed by atoms with Crippen molar-refractivity contribution < 1.29 is 13.6 Å². The standard InChI is InChI=1S/C18H14F2N2OS/c1-11-3-2-4-12(7-11)18-21-14(10-24-18)9-17(23)22-16-8-13(19)5-6-15(16)20/h2-8,10H,9H2,1H3,(H,22,23). The molecular weight excluding hydrogens is 330 g/mol. The summed E-state index contributed by atoms with van der Waals surface area (Å²) in [5.74, 6) is -1.73. The minimum Gasteiger partial charge on any atom is -0.323 e. The number of aryl methyl sites for hydroxylation is 1. The second-order valence-electron chi connectivity index (χ2n) is 5.36. The van der Waals surface area contributed by atoms with Crippen LogP contribution < -0.4 is 5.32 Å². The molecule has 0 aliphatic carbocycles. The van der Waals surface area contributed by atoms with Gasteiger partial charge in [-0.3, -0.25) is 4.79 Å². The van der Waals surface area contributed by atoms with Gasteiger partial charge in [0, 0.05) is 17.0 Å². The minimum atomic E-state index is -0.677. The molecule has 0 bridgehead atoms. The summed E-state index contributed by atoms with van der Waals surface area (Å²) >= 11 is 1.44. The molecule has 1 N–H and O–H groups in total. The van der Waals surface area contributed by atoms with Crippen LogP contribution in [0.25, 0.3) is 10.6 Å². The summed E-state index contributed by atoms with van der Waals surface area (Å²) in [7, 11) is 0. The van der Waals surface area contributed by atoms with Gasteiger partial charge in [0.2, 0.25) is 5.91 Å². The van der Waals surface area contributed by atoms with E-state index in [1.807, 2.05) is 31.2 Å². The van der Waals surface area contributed by atoms with E-state index in [0.29, 0.717) is 5.69 Å². The number of carbonyl (C=O) groups is 1. The Bertz CT molecular complexity index is 892. The maximum absolute atomic E-state index is 13.5. The van der Waals surface area contributed by atoms with Crippen LogP contribution in [0.2, 0.25) is 0 Å². The van der Waals surface area contributed by atoms with E-state index in [2.05, 4.69) is 10.3 Å². The molecule has 1 amide bonds. The van der Waals surface area contributed by atoms with Crippen molar-refractivity contribution >= 4 is 22.9 Å². The number of hydrogen-bond acceptors (Lipinski definition) is 3. The first kappa shape index (κ1) is 16.3. The molecule has 0 unspecified atom stereocenters. The summed E-state index contributed by atoms with van der Waals surface area (Å²) < 4.78 is 26.7. The van der Waals surface area contributed by atoms with Crippen LogP contribution >= 0.6 is 11.3 Å². The maximum atomic E-state index is 13.5. The first-order valence-electron chi connectivity index (χ1n) is 7.27. The Labute approximate surface area is 142 Å². The number of nitrogens with zero attached hydrogens (tertiary/aromatic N) is 1. The van der Waals surface area contributed by atoms with Crippen LogP contribution in [0.3, 0.4) is 0 Å². The molecule has 0 saturated carbocycles. The van der Waals surface area contributed by atoms with E-state index in [0.717, 1.165) is 34.3 Å². The topological polar surface area (TPSA) is 42.0 Å². The Morgan fingerprint density at radius 2 is 2.04 bits per heavy atom. The van der Waals surface area contributed by atoms with Crippen LogP contribution in [0.5, 0.6) is 0 Å². The van der Waals surface area contributed by atoms with Gasteiger partial charge in [0.05, 0.1) is 17.8 Å². The molecule has 0 spiro atoms. The molecule has 0 atom stereocenters. The monoisotopic (exact) mass is 344 g/mol.